The summed E-state index contributed by atoms with van der Waals surface area (Å²) >= 11 is 6.07. The highest BCUT2D eigenvalue weighted by molar-refractivity contribution is 7.92. The van der Waals surface area contributed by atoms with Gasteiger partial charge in [0, 0.05) is 17.6 Å². The Morgan fingerprint density at radius 2 is 1.51 bits per heavy atom. The largest absolute Gasteiger partial charge is 0.352 e. The lowest BCUT2D eigenvalue weighted by Gasteiger charge is -2.34. The molecule has 0 heterocycles. The van der Waals surface area contributed by atoms with Crippen molar-refractivity contribution in [1.29, 1.82) is 0 Å². The quantitative estimate of drug-likeness (QED) is 0.309. The lowest BCUT2D eigenvalue weighted by Crippen LogP contribution is -2.53. The number of benzene rings is 3. The molecule has 7 nitrogen and oxygen atoms in total. The van der Waals surface area contributed by atoms with Gasteiger partial charge in [0.1, 0.15) is 12.6 Å². The van der Waals surface area contributed by atoms with Crippen molar-refractivity contribution in [2.45, 2.75) is 64.1 Å². The minimum atomic E-state index is -4.11. The third kappa shape index (κ3) is 7.61. The van der Waals surface area contributed by atoms with Crippen molar-refractivity contribution in [3.05, 3.63) is 95.0 Å². The van der Waals surface area contributed by atoms with Crippen LogP contribution in [0.1, 0.15) is 44.7 Å². The maximum Gasteiger partial charge on any atom is 0.264 e. The first-order valence-corrected chi connectivity index (χ1v) is 14.9. The molecule has 39 heavy (non-hydrogen) atoms. The molecule has 9 heteroatoms. The number of sulfonamides is 1. The van der Waals surface area contributed by atoms with E-state index in [9.17, 15) is 18.0 Å². The molecule has 0 spiro atoms. The number of nitrogens with one attached hydrogen (secondary N) is 1. The fraction of sp³-hybridized carbons (Fsp3) is 0.333. The van der Waals surface area contributed by atoms with E-state index in [2.05, 4.69) is 5.32 Å². The molecule has 3 aromatic rings. The number of hydrogen-bond donors (Lipinski definition) is 1. The summed E-state index contributed by atoms with van der Waals surface area (Å²) in [6.45, 7) is 7.34. The molecule has 208 valence electrons. The number of anilines is 1. The first-order valence-electron chi connectivity index (χ1n) is 13.1. The summed E-state index contributed by atoms with van der Waals surface area (Å²) in [7, 11) is -4.11. The van der Waals surface area contributed by atoms with Gasteiger partial charge >= 0.3 is 0 Å². The van der Waals surface area contributed by atoms with Gasteiger partial charge in [-0.05, 0) is 74.2 Å². The predicted molar refractivity (Wildman–Crippen MR) is 156 cm³/mol. The van der Waals surface area contributed by atoms with Gasteiger partial charge in [-0.1, -0.05) is 67.9 Å². The van der Waals surface area contributed by atoms with Crippen LogP contribution in [-0.4, -0.2) is 43.8 Å². The van der Waals surface area contributed by atoms with Gasteiger partial charge in [0.15, 0.2) is 0 Å². The SMILES string of the molecule is CC[C@H](C(=O)N[C@@H](C)CC)N(Cc1ccccc1C)C(=O)CN(c1ccc(Cl)cc1)S(=O)(=O)c1ccccc1. The molecule has 0 aliphatic rings. The molecule has 0 bridgehead atoms. The molecule has 3 aromatic carbocycles. The fourth-order valence-corrected chi connectivity index (χ4v) is 5.75. The average Bonchev–Trinajstić information content (AvgIpc) is 2.93. The highest BCUT2D eigenvalue weighted by Gasteiger charge is 2.34. The first-order chi connectivity index (χ1) is 18.6. The van der Waals surface area contributed by atoms with Gasteiger partial charge in [0.05, 0.1) is 10.6 Å². The number of amides is 2. The Kier molecular flexibility index (Phi) is 10.5. The summed E-state index contributed by atoms with van der Waals surface area (Å²) in [5, 5.41) is 3.43. The van der Waals surface area contributed by atoms with Gasteiger partial charge in [-0.25, -0.2) is 8.42 Å². The number of aryl methyl sites for hydroxylation is 1. The molecule has 0 radical (unpaired) electrons. The van der Waals surface area contributed by atoms with Crippen LogP contribution in [0.4, 0.5) is 5.69 Å². The minimum absolute atomic E-state index is 0.0553. The number of carbonyl (C=O) groups is 2. The molecular weight excluding hydrogens is 534 g/mol. The number of hydrogen-bond acceptors (Lipinski definition) is 4. The van der Waals surface area contributed by atoms with Gasteiger partial charge in [-0.3, -0.25) is 13.9 Å². The number of carbonyl (C=O) groups excluding carboxylic acids is 2. The van der Waals surface area contributed by atoms with E-state index in [-0.39, 0.29) is 23.4 Å². The summed E-state index contributed by atoms with van der Waals surface area (Å²) in [5.41, 5.74) is 2.15. The predicted octanol–water partition coefficient (Wildman–Crippen LogP) is 5.57. The van der Waals surface area contributed by atoms with Crippen LogP contribution in [-0.2, 0) is 26.2 Å². The zero-order chi connectivity index (χ0) is 28.6. The van der Waals surface area contributed by atoms with Gasteiger partial charge in [0.2, 0.25) is 11.8 Å². The van der Waals surface area contributed by atoms with E-state index < -0.39 is 28.5 Å². The van der Waals surface area contributed by atoms with Crippen LogP contribution >= 0.6 is 11.6 Å². The Labute approximate surface area is 236 Å². The second kappa shape index (κ2) is 13.6. The molecule has 0 unspecified atom stereocenters. The fourth-order valence-electron chi connectivity index (χ4n) is 4.19. The summed E-state index contributed by atoms with van der Waals surface area (Å²) in [6.07, 6.45) is 1.11. The zero-order valence-corrected chi connectivity index (χ0v) is 24.4. The second-order valence-corrected chi connectivity index (χ2v) is 11.8. The number of halogens is 1. The summed E-state index contributed by atoms with van der Waals surface area (Å²) in [4.78, 5) is 28.9. The molecule has 0 aromatic heterocycles. The van der Waals surface area contributed by atoms with Crippen molar-refractivity contribution < 1.29 is 18.0 Å². The third-order valence-electron chi connectivity index (χ3n) is 6.71. The lowest BCUT2D eigenvalue weighted by molar-refractivity contribution is -0.140. The highest BCUT2D eigenvalue weighted by Crippen LogP contribution is 2.26. The Morgan fingerprint density at radius 3 is 2.10 bits per heavy atom. The van der Waals surface area contributed by atoms with E-state index >= 15 is 0 Å². The van der Waals surface area contributed by atoms with Crippen molar-refractivity contribution in [3.63, 3.8) is 0 Å². The molecule has 0 aliphatic carbocycles. The normalized spacial score (nSPS) is 12.8. The van der Waals surface area contributed by atoms with E-state index in [1.165, 1.54) is 17.0 Å². The van der Waals surface area contributed by atoms with Gasteiger partial charge in [0.25, 0.3) is 10.0 Å². The van der Waals surface area contributed by atoms with Gasteiger partial charge in [-0.2, -0.15) is 0 Å². The molecule has 1 N–H and O–H groups in total. The smallest absolute Gasteiger partial charge is 0.264 e. The van der Waals surface area contributed by atoms with Crippen LogP contribution in [0, 0.1) is 6.92 Å². The van der Waals surface area contributed by atoms with Gasteiger partial charge < -0.3 is 10.2 Å². The van der Waals surface area contributed by atoms with Crippen molar-refractivity contribution >= 4 is 39.1 Å². The Hall–Kier alpha value is -3.36. The van der Waals surface area contributed by atoms with E-state index in [1.807, 2.05) is 52.0 Å². The van der Waals surface area contributed by atoms with E-state index in [0.717, 1.165) is 21.9 Å². The highest BCUT2D eigenvalue weighted by atomic mass is 35.5. The van der Waals surface area contributed by atoms with Crippen molar-refractivity contribution in [2.75, 3.05) is 10.8 Å². The molecule has 0 saturated heterocycles. The molecule has 0 fully saturated rings. The minimum Gasteiger partial charge on any atom is -0.352 e. The van der Waals surface area contributed by atoms with Crippen LogP contribution < -0.4 is 9.62 Å². The van der Waals surface area contributed by atoms with E-state index in [4.69, 9.17) is 11.6 Å². The molecule has 0 saturated carbocycles. The Morgan fingerprint density at radius 1 is 0.897 bits per heavy atom. The van der Waals surface area contributed by atoms with Crippen LogP contribution in [0.5, 0.6) is 0 Å². The number of nitrogens with zero attached hydrogens (tertiary/aromatic N) is 2. The summed E-state index contributed by atoms with van der Waals surface area (Å²) in [5.74, 6) is -0.753. The van der Waals surface area contributed by atoms with Crippen LogP contribution in [0.25, 0.3) is 0 Å². The van der Waals surface area contributed by atoms with E-state index in [1.54, 1.807) is 42.5 Å². The Balaban J connectivity index is 2.05. The molecule has 3 rings (SSSR count). The van der Waals surface area contributed by atoms with Crippen LogP contribution in [0.3, 0.4) is 0 Å². The maximum atomic E-state index is 14.1. The molecule has 2 atom stereocenters. The van der Waals surface area contributed by atoms with Crippen molar-refractivity contribution in [2.24, 2.45) is 0 Å². The van der Waals surface area contributed by atoms with E-state index in [0.29, 0.717) is 17.1 Å². The number of rotatable bonds is 12. The molecule has 0 aliphatic heterocycles. The average molecular weight is 570 g/mol. The zero-order valence-electron chi connectivity index (χ0n) is 22.8. The first kappa shape index (κ1) is 30.2. The topological polar surface area (TPSA) is 86.8 Å². The van der Waals surface area contributed by atoms with Crippen molar-refractivity contribution in [3.8, 4) is 0 Å². The summed E-state index contributed by atoms with van der Waals surface area (Å²) in [6, 6.07) is 21.0. The monoisotopic (exact) mass is 569 g/mol. The summed E-state index contributed by atoms with van der Waals surface area (Å²) < 4.78 is 28.7. The third-order valence-corrected chi connectivity index (χ3v) is 8.75. The lowest BCUT2D eigenvalue weighted by atomic mass is 10.1. The van der Waals surface area contributed by atoms with Crippen molar-refractivity contribution in [1.82, 2.24) is 10.2 Å². The molecular formula is C30H36ClN3O4S. The standard InChI is InChI=1S/C30H36ClN3O4S/c1-5-23(4)32-30(36)28(6-2)33(20-24-13-11-10-12-22(24)3)29(35)21-34(26-18-16-25(31)17-19-26)39(37,38)27-14-8-7-9-15-27/h7-19,23,28H,5-6,20-21H2,1-4H3,(H,32,36)/t23-,28+/m0/s1. The molecule has 2 amide bonds. The Bertz CT molecular complexity index is 1360. The van der Waals surface area contributed by atoms with Crippen LogP contribution in [0.15, 0.2) is 83.8 Å². The second-order valence-electron chi connectivity index (χ2n) is 9.49. The van der Waals surface area contributed by atoms with Gasteiger partial charge in [-0.15, -0.1) is 0 Å². The maximum absolute atomic E-state index is 14.1. The van der Waals surface area contributed by atoms with Crippen LogP contribution in [0.2, 0.25) is 5.02 Å².